The first kappa shape index (κ1) is 25.1. The van der Waals surface area contributed by atoms with Gasteiger partial charge in [0.2, 0.25) is 0 Å². The van der Waals surface area contributed by atoms with Gasteiger partial charge in [-0.05, 0) is 85.4 Å². The van der Waals surface area contributed by atoms with Crippen LogP contribution in [0.4, 0.5) is 5.69 Å². The number of fused-ring (bicyclic) bond motifs is 2. The molecular weight excluding hydrogens is 478 g/mol. The van der Waals surface area contributed by atoms with Crippen LogP contribution in [0, 0.1) is 11.8 Å². The Morgan fingerprint density at radius 2 is 2.00 bits per heavy atom. The summed E-state index contributed by atoms with van der Waals surface area (Å²) in [4.78, 5) is 26.8. The number of carbonyl (C=O) groups is 2. The molecule has 7 heteroatoms. The summed E-state index contributed by atoms with van der Waals surface area (Å²) in [5.41, 5.74) is 3.79. The Labute approximate surface area is 217 Å². The Morgan fingerprint density at radius 3 is 2.78 bits per heavy atom. The molecule has 192 valence electrons. The minimum atomic E-state index is -0.359. The molecule has 3 atom stereocenters. The second-order valence-electron chi connectivity index (χ2n) is 10.2. The van der Waals surface area contributed by atoms with Gasteiger partial charge in [-0.2, -0.15) is 0 Å². The summed E-state index contributed by atoms with van der Waals surface area (Å²) < 4.78 is 17.4. The van der Waals surface area contributed by atoms with Crippen molar-refractivity contribution in [3.8, 4) is 5.75 Å². The monoisotopic (exact) mass is 511 g/mol. The lowest BCUT2D eigenvalue weighted by Crippen LogP contribution is -2.46. The number of anilines is 1. The number of carbonyl (C=O) groups excluding carboxylic acids is 2. The van der Waals surface area contributed by atoms with Gasteiger partial charge in [0, 0.05) is 31.0 Å². The number of esters is 1. The van der Waals surface area contributed by atoms with Gasteiger partial charge in [-0.1, -0.05) is 17.7 Å². The molecule has 0 radical (unpaired) electrons. The van der Waals surface area contributed by atoms with Crippen molar-refractivity contribution in [3.05, 3.63) is 58.1 Å². The van der Waals surface area contributed by atoms with Crippen LogP contribution in [0.15, 0.2) is 36.4 Å². The molecule has 2 aliphatic heterocycles. The van der Waals surface area contributed by atoms with Gasteiger partial charge >= 0.3 is 5.97 Å². The van der Waals surface area contributed by atoms with E-state index in [1.165, 1.54) is 12.7 Å². The number of aryl methyl sites for hydroxylation is 1. The van der Waals surface area contributed by atoms with Crippen LogP contribution in [0.1, 0.15) is 60.0 Å². The highest BCUT2D eigenvalue weighted by molar-refractivity contribution is 6.30. The summed E-state index contributed by atoms with van der Waals surface area (Å²) in [6.45, 7) is 2.68. The molecular formula is C29H34ClNO5. The van der Waals surface area contributed by atoms with E-state index in [4.69, 9.17) is 25.8 Å². The van der Waals surface area contributed by atoms with Crippen LogP contribution in [0.5, 0.6) is 5.75 Å². The summed E-state index contributed by atoms with van der Waals surface area (Å²) >= 11 is 6.28. The fourth-order valence-corrected chi connectivity index (χ4v) is 5.96. The molecule has 36 heavy (non-hydrogen) atoms. The molecule has 0 spiro atoms. The van der Waals surface area contributed by atoms with Gasteiger partial charge in [0.05, 0.1) is 31.1 Å². The third kappa shape index (κ3) is 5.55. The van der Waals surface area contributed by atoms with Gasteiger partial charge in [0.1, 0.15) is 18.1 Å². The van der Waals surface area contributed by atoms with E-state index in [1.54, 1.807) is 6.07 Å². The maximum absolute atomic E-state index is 12.4. The van der Waals surface area contributed by atoms with Crippen molar-refractivity contribution in [1.82, 2.24) is 0 Å². The smallest absolute Gasteiger partial charge is 0.337 e. The van der Waals surface area contributed by atoms with Crippen LogP contribution in [-0.2, 0) is 27.3 Å². The maximum Gasteiger partial charge on any atom is 0.337 e. The van der Waals surface area contributed by atoms with E-state index in [0.29, 0.717) is 49.2 Å². The minimum absolute atomic E-state index is 0.0327. The Bertz CT molecular complexity index is 1120. The lowest BCUT2D eigenvalue weighted by atomic mass is 9.69. The first-order valence-electron chi connectivity index (χ1n) is 13.0. The van der Waals surface area contributed by atoms with Gasteiger partial charge in [0.25, 0.3) is 0 Å². The molecule has 6 nitrogen and oxygen atoms in total. The van der Waals surface area contributed by atoms with Crippen molar-refractivity contribution in [2.45, 2.75) is 57.7 Å². The Kier molecular flexibility index (Phi) is 7.82. The Balaban J connectivity index is 1.42. The third-order valence-corrected chi connectivity index (χ3v) is 8.18. The van der Waals surface area contributed by atoms with Gasteiger partial charge in [-0.3, -0.25) is 4.79 Å². The molecule has 5 rings (SSSR count). The fraction of sp³-hybridized carbons (Fsp3) is 0.517. The predicted octanol–water partition coefficient (Wildman–Crippen LogP) is 5.62. The zero-order valence-electron chi connectivity index (χ0n) is 20.8. The number of nitrogens with zero attached hydrogens (tertiary/aromatic N) is 1. The lowest BCUT2D eigenvalue weighted by molar-refractivity contribution is -0.135. The molecule has 1 saturated carbocycles. The van der Waals surface area contributed by atoms with Gasteiger partial charge < -0.3 is 19.1 Å². The van der Waals surface area contributed by atoms with Crippen LogP contribution in [0.3, 0.4) is 0 Å². The number of ether oxygens (including phenoxy) is 3. The van der Waals surface area contributed by atoms with Gasteiger partial charge in [-0.25, -0.2) is 4.79 Å². The van der Waals surface area contributed by atoms with E-state index in [-0.39, 0.29) is 12.1 Å². The standard InChI is InChI=1S/C29H34ClNO5/c1-34-29(33)20-7-10-27-26(15-20)31(17-21-6-9-25(21)28-16-24(32)11-13-35-28)12-3-2-4-19-14-23(30)8-5-22(19)18-36-27/h5,7-8,10,14-15,21,25,28H,2-4,6,9,11-13,16-18H2,1H3/t21-,25+,28-/m0/s1. The summed E-state index contributed by atoms with van der Waals surface area (Å²) in [5.74, 6) is 1.55. The second-order valence-corrected chi connectivity index (χ2v) is 10.6. The molecule has 0 aromatic heterocycles. The molecule has 3 aliphatic rings. The van der Waals surface area contributed by atoms with Crippen molar-refractivity contribution in [3.63, 3.8) is 0 Å². The molecule has 0 amide bonds. The number of benzene rings is 2. The van der Waals surface area contributed by atoms with Crippen LogP contribution in [-0.4, -0.2) is 44.7 Å². The number of rotatable bonds is 4. The number of halogens is 1. The molecule has 0 N–H and O–H groups in total. The van der Waals surface area contributed by atoms with Crippen molar-refractivity contribution in [2.75, 3.05) is 31.7 Å². The van der Waals surface area contributed by atoms with Crippen molar-refractivity contribution in [2.24, 2.45) is 11.8 Å². The van der Waals surface area contributed by atoms with Crippen LogP contribution in [0.25, 0.3) is 0 Å². The number of methoxy groups -OCH3 is 1. The Morgan fingerprint density at radius 1 is 1.11 bits per heavy atom. The molecule has 1 aliphatic carbocycles. The molecule has 0 unspecified atom stereocenters. The first-order chi connectivity index (χ1) is 17.5. The van der Waals surface area contributed by atoms with Crippen molar-refractivity contribution in [1.29, 1.82) is 0 Å². The second kappa shape index (κ2) is 11.2. The fourth-order valence-electron chi connectivity index (χ4n) is 5.76. The van der Waals surface area contributed by atoms with Crippen molar-refractivity contribution >= 4 is 29.0 Å². The lowest BCUT2D eigenvalue weighted by Gasteiger charge is -2.45. The first-order valence-corrected chi connectivity index (χ1v) is 13.4. The van der Waals surface area contributed by atoms with E-state index in [9.17, 15) is 9.59 Å². The number of Topliss-reactive ketones (excluding diaryl/α,β-unsaturated/α-hetero) is 1. The van der Waals surface area contributed by atoms with E-state index < -0.39 is 0 Å². The van der Waals surface area contributed by atoms with Crippen LogP contribution in [0.2, 0.25) is 5.02 Å². The summed E-state index contributed by atoms with van der Waals surface area (Å²) in [6.07, 6.45) is 6.30. The largest absolute Gasteiger partial charge is 0.487 e. The highest BCUT2D eigenvalue weighted by Crippen LogP contribution is 2.42. The maximum atomic E-state index is 12.4. The number of hydrogen-bond donors (Lipinski definition) is 0. The van der Waals surface area contributed by atoms with Crippen molar-refractivity contribution < 1.29 is 23.8 Å². The topological polar surface area (TPSA) is 65.1 Å². The molecule has 2 aromatic carbocycles. The third-order valence-electron chi connectivity index (χ3n) is 7.95. The molecule has 0 bridgehead atoms. The summed E-state index contributed by atoms with van der Waals surface area (Å²) in [7, 11) is 1.40. The molecule has 2 aromatic rings. The molecule has 1 saturated heterocycles. The molecule has 2 heterocycles. The SMILES string of the molecule is COC(=O)c1ccc2c(c1)N(C[C@@H]1CC[C@H]1[C@@H]1CC(=O)CCO1)CCCCc1cc(Cl)ccc1CO2. The summed E-state index contributed by atoms with van der Waals surface area (Å²) in [6, 6.07) is 11.5. The molecule has 2 fully saturated rings. The quantitative estimate of drug-likeness (QED) is 0.496. The van der Waals surface area contributed by atoms with Crippen LogP contribution < -0.4 is 9.64 Å². The zero-order chi connectivity index (χ0) is 25.1. The highest BCUT2D eigenvalue weighted by atomic mass is 35.5. The normalized spacial score (nSPS) is 24.4. The van der Waals surface area contributed by atoms with E-state index >= 15 is 0 Å². The highest BCUT2D eigenvalue weighted by Gasteiger charge is 2.40. The summed E-state index contributed by atoms with van der Waals surface area (Å²) in [5, 5.41) is 0.743. The minimum Gasteiger partial charge on any atom is -0.487 e. The van der Waals surface area contributed by atoms with E-state index in [0.717, 1.165) is 67.2 Å². The average molecular weight is 512 g/mol. The van der Waals surface area contributed by atoms with Gasteiger partial charge in [0.15, 0.2) is 0 Å². The number of ketones is 1. The van der Waals surface area contributed by atoms with Crippen LogP contribution >= 0.6 is 11.6 Å². The number of hydrogen-bond acceptors (Lipinski definition) is 6. The Hall–Kier alpha value is -2.57. The predicted molar refractivity (Wildman–Crippen MR) is 139 cm³/mol. The average Bonchev–Trinajstić information content (AvgIpc) is 2.89. The zero-order valence-corrected chi connectivity index (χ0v) is 21.6. The van der Waals surface area contributed by atoms with E-state index in [1.807, 2.05) is 30.3 Å². The van der Waals surface area contributed by atoms with E-state index in [2.05, 4.69) is 4.90 Å². The van der Waals surface area contributed by atoms with Gasteiger partial charge in [-0.15, -0.1) is 0 Å².